The van der Waals surface area contributed by atoms with Crippen LogP contribution in [0, 0.1) is 5.92 Å². The van der Waals surface area contributed by atoms with Crippen molar-refractivity contribution in [2.75, 3.05) is 6.54 Å². The Bertz CT molecular complexity index is 256. The fourth-order valence-electron chi connectivity index (χ4n) is 1.65. The zero-order valence-electron chi connectivity index (χ0n) is 10.0. The van der Waals surface area contributed by atoms with Crippen molar-refractivity contribution in [1.29, 1.82) is 0 Å². The third-order valence-corrected chi connectivity index (χ3v) is 2.67. The van der Waals surface area contributed by atoms with Crippen molar-refractivity contribution in [2.24, 2.45) is 5.92 Å². The highest BCUT2D eigenvalue weighted by Crippen LogP contribution is 2.09. The van der Waals surface area contributed by atoms with Gasteiger partial charge in [0.05, 0.1) is 0 Å². The number of rotatable bonds is 6. The molecule has 0 bridgehead atoms. The normalized spacial score (nSPS) is 13.1. The maximum atomic E-state index is 4.04. The van der Waals surface area contributed by atoms with Crippen molar-refractivity contribution in [3.63, 3.8) is 0 Å². The summed E-state index contributed by atoms with van der Waals surface area (Å²) in [6.45, 7) is 7.85. The number of hydrogen-bond acceptors (Lipinski definition) is 2. The molecule has 1 aromatic heterocycles. The second-order valence-corrected chi connectivity index (χ2v) is 4.36. The first-order valence-electron chi connectivity index (χ1n) is 5.86. The Morgan fingerprint density at radius 2 is 1.93 bits per heavy atom. The van der Waals surface area contributed by atoms with Crippen molar-refractivity contribution in [2.45, 2.75) is 39.7 Å². The lowest BCUT2D eigenvalue weighted by molar-refractivity contribution is 0.397. The first kappa shape index (κ1) is 12.2. The molecule has 1 heterocycles. The predicted molar refractivity (Wildman–Crippen MR) is 64.9 cm³/mol. The van der Waals surface area contributed by atoms with Gasteiger partial charge in [0.25, 0.3) is 0 Å². The Kier molecular flexibility index (Phi) is 5.33. The van der Waals surface area contributed by atoms with Crippen molar-refractivity contribution in [3.8, 4) is 0 Å². The van der Waals surface area contributed by atoms with Crippen LogP contribution < -0.4 is 5.32 Å². The van der Waals surface area contributed by atoms with Gasteiger partial charge in [0.1, 0.15) is 0 Å². The Balaban J connectivity index is 2.51. The van der Waals surface area contributed by atoms with E-state index >= 15 is 0 Å². The standard InChI is InChI=1S/C13H22N2/c1-4-7-15-13(11(2)3)10-12-5-8-14-9-6-12/h5-6,8-9,11,13,15H,4,7,10H2,1-3H3. The average Bonchev–Trinajstić information content (AvgIpc) is 2.25. The summed E-state index contributed by atoms with van der Waals surface area (Å²) in [6, 6.07) is 4.78. The second-order valence-electron chi connectivity index (χ2n) is 4.36. The number of nitrogens with one attached hydrogen (secondary N) is 1. The fraction of sp³-hybridized carbons (Fsp3) is 0.615. The molecule has 1 N–H and O–H groups in total. The van der Waals surface area contributed by atoms with Crippen LogP contribution >= 0.6 is 0 Å². The van der Waals surface area contributed by atoms with Crippen LogP contribution in [0.15, 0.2) is 24.5 Å². The van der Waals surface area contributed by atoms with Gasteiger partial charge in [-0.2, -0.15) is 0 Å². The maximum Gasteiger partial charge on any atom is 0.0270 e. The molecule has 0 saturated heterocycles. The Morgan fingerprint density at radius 3 is 2.47 bits per heavy atom. The second kappa shape index (κ2) is 6.57. The third-order valence-electron chi connectivity index (χ3n) is 2.67. The van der Waals surface area contributed by atoms with Crippen LogP contribution in [0.25, 0.3) is 0 Å². The van der Waals surface area contributed by atoms with Crippen LogP contribution in [0.4, 0.5) is 0 Å². The Labute approximate surface area is 93.1 Å². The van der Waals surface area contributed by atoms with Crippen molar-refractivity contribution in [1.82, 2.24) is 10.3 Å². The molecule has 1 rings (SSSR count). The van der Waals surface area contributed by atoms with Gasteiger partial charge in [0.2, 0.25) is 0 Å². The van der Waals surface area contributed by atoms with Gasteiger partial charge in [-0.05, 0) is 43.0 Å². The molecule has 0 fully saturated rings. The molecular formula is C13H22N2. The highest BCUT2D eigenvalue weighted by atomic mass is 14.9. The van der Waals surface area contributed by atoms with Crippen LogP contribution in [0.1, 0.15) is 32.8 Å². The minimum Gasteiger partial charge on any atom is -0.313 e. The van der Waals surface area contributed by atoms with E-state index in [2.05, 4.69) is 43.2 Å². The van der Waals surface area contributed by atoms with Gasteiger partial charge in [-0.3, -0.25) is 4.98 Å². The van der Waals surface area contributed by atoms with E-state index in [4.69, 9.17) is 0 Å². The van der Waals surface area contributed by atoms with Crippen LogP contribution in [-0.2, 0) is 6.42 Å². The lowest BCUT2D eigenvalue weighted by Gasteiger charge is -2.22. The number of pyridine rings is 1. The summed E-state index contributed by atoms with van der Waals surface area (Å²) in [5.41, 5.74) is 1.37. The summed E-state index contributed by atoms with van der Waals surface area (Å²) in [5, 5.41) is 3.60. The molecule has 2 nitrogen and oxygen atoms in total. The highest BCUT2D eigenvalue weighted by molar-refractivity contribution is 5.11. The van der Waals surface area contributed by atoms with E-state index in [-0.39, 0.29) is 0 Å². The highest BCUT2D eigenvalue weighted by Gasteiger charge is 2.12. The van der Waals surface area contributed by atoms with Crippen LogP contribution in [0.5, 0.6) is 0 Å². The molecule has 1 aromatic rings. The fourth-order valence-corrected chi connectivity index (χ4v) is 1.65. The van der Waals surface area contributed by atoms with Gasteiger partial charge < -0.3 is 5.32 Å². The minimum absolute atomic E-state index is 0.576. The van der Waals surface area contributed by atoms with Crippen LogP contribution in [0.2, 0.25) is 0 Å². The predicted octanol–water partition coefficient (Wildman–Crippen LogP) is 2.65. The molecule has 0 aliphatic rings. The van der Waals surface area contributed by atoms with Gasteiger partial charge in [-0.15, -0.1) is 0 Å². The molecule has 0 spiro atoms. The van der Waals surface area contributed by atoms with Gasteiger partial charge in [-0.1, -0.05) is 20.8 Å². The van der Waals surface area contributed by atoms with Gasteiger partial charge >= 0.3 is 0 Å². The lowest BCUT2D eigenvalue weighted by Crippen LogP contribution is -2.36. The van der Waals surface area contributed by atoms with Crippen molar-refractivity contribution in [3.05, 3.63) is 30.1 Å². The monoisotopic (exact) mass is 206 g/mol. The summed E-state index contributed by atoms with van der Waals surface area (Å²) >= 11 is 0. The first-order valence-corrected chi connectivity index (χ1v) is 5.86. The number of aromatic nitrogens is 1. The largest absolute Gasteiger partial charge is 0.313 e. The molecule has 2 heteroatoms. The van der Waals surface area contributed by atoms with Crippen molar-refractivity contribution < 1.29 is 0 Å². The van der Waals surface area contributed by atoms with E-state index in [0.29, 0.717) is 12.0 Å². The molecule has 15 heavy (non-hydrogen) atoms. The summed E-state index contributed by atoms with van der Waals surface area (Å²) in [7, 11) is 0. The van der Waals surface area contributed by atoms with Gasteiger partial charge in [-0.25, -0.2) is 0 Å². The molecule has 0 radical (unpaired) electrons. The SMILES string of the molecule is CCCNC(Cc1ccncc1)C(C)C. The smallest absolute Gasteiger partial charge is 0.0270 e. The summed E-state index contributed by atoms with van der Waals surface area (Å²) in [4.78, 5) is 4.04. The number of hydrogen-bond donors (Lipinski definition) is 1. The van der Waals surface area contributed by atoms with E-state index in [1.807, 2.05) is 12.4 Å². The molecule has 0 amide bonds. The lowest BCUT2D eigenvalue weighted by atomic mass is 9.97. The summed E-state index contributed by atoms with van der Waals surface area (Å²) in [6.07, 6.45) is 6.03. The molecular weight excluding hydrogens is 184 g/mol. The molecule has 0 saturated carbocycles. The number of nitrogens with zero attached hydrogens (tertiary/aromatic N) is 1. The topological polar surface area (TPSA) is 24.9 Å². The Morgan fingerprint density at radius 1 is 1.27 bits per heavy atom. The Hall–Kier alpha value is -0.890. The van der Waals surface area contributed by atoms with E-state index in [1.165, 1.54) is 12.0 Å². The van der Waals surface area contributed by atoms with Crippen LogP contribution in [-0.4, -0.2) is 17.6 Å². The molecule has 0 aliphatic heterocycles. The molecule has 1 atom stereocenters. The van der Waals surface area contributed by atoms with Crippen LogP contribution in [0.3, 0.4) is 0 Å². The van der Waals surface area contributed by atoms with E-state index in [9.17, 15) is 0 Å². The molecule has 1 unspecified atom stereocenters. The minimum atomic E-state index is 0.576. The summed E-state index contributed by atoms with van der Waals surface area (Å²) in [5.74, 6) is 0.671. The average molecular weight is 206 g/mol. The maximum absolute atomic E-state index is 4.04. The van der Waals surface area contributed by atoms with E-state index < -0.39 is 0 Å². The summed E-state index contributed by atoms with van der Waals surface area (Å²) < 4.78 is 0. The zero-order chi connectivity index (χ0) is 11.1. The van der Waals surface area contributed by atoms with E-state index in [1.54, 1.807) is 0 Å². The van der Waals surface area contributed by atoms with Gasteiger partial charge in [0, 0.05) is 18.4 Å². The molecule has 0 aromatic carbocycles. The van der Waals surface area contributed by atoms with Crippen molar-refractivity contribution >= 4 is 0 Å². The van der Waals surface area contributed by atoms with Gasteiger partial charge in [0.15, 0.2) is 0 Å². The molecule has 0 aliphatic carbocycles. The molecule has 84 valence electrons. The van der Waals surface area contributed by atoms with E-state index in [0.717, 1.165) is 13.0 Å². The zero-order valence-corrected chi connectivity index (χ0v) is 10.0. The third kappa shape index (κ3) is 4.43. The quantitative estimate of drug-likeness (QED) is 0.774. The first-order chi connectivity index (χ1) is 7.24.